The number of carboxylic acids is 1. The van der Waals surface area contributed by atoms with Gasteiger partial charge in [0.25, 0.3) is 5.91 Å². The summed E-state index contributed by atoms with van der Waals surface area (Å²) in [5.74, 6) is -4.26. The number of ether oxygens (including phenoxy) is 3. The zero-order chi connectivity index (χ0) is 29.0. The Morgan fingerprint density at radius 1 is 0.842 bits per heavy atom. The molecule has 14 heteroatoms. The minimum absolute atomic E-state index is 0.111. The fourth-order valence-corrected chi connectivity index (χ4v) is 3.33. The number of hydrogen-bond donors (Lipinski definition) is 5. The molecule has 0 saturated carbocycles. The monoisotopic (exact) mass is 544 g/mol. The molecule has 1 saturated heterocycles. The molecule has 1 fully saturated rings. The predicted octanol–water partition coefficient (Wildman–Crippen LogP) is -0.0192. The van der Waals surface area contributed by atoms with Crippen LogP contribution in [0.15, 0.2) is 0 Å². The molecule has 0 aromatic carbocycles. The van der Waals surface area contributed by atoms with Crippen molar-refractivity contribution < 1.29 is 48.1 Å². The highest BCUT2D eigenvalue weighted by Crippen LogP contribution is 2.23. The Bertz CT molecular complexity index is 873. The molecule has 216 valence electrons. The highest BCUT2D eigenvalue weighted by Gasteiger charge is 2.51. The normalized spacial score (nSPS) is 18.7. The third-order valence-corrected chi connectivity index (χ3v) is 5.16. The van der Waals surface area contributed by atoms with Gasteiger partial charge in [-0.25, -0.2) is 14.4 Å². The van der Waals surface area contributed by atoms with Gasteiger partial charge in [0, 0.05) is 6.54 Å². The summed E-state index contributed by atoms with van der Waals surface area (Å²) in [7, 11) is 0. The second-order valence-electron chi connectivity index (χ2n) is 9.71. The summed E-state index contributed by atoms with van der Waals surface area (Å²) in [6.07, 6.45) is -1.66. The van der Waals surface area contributed by atoms with E-state index in [-0.39, 0.29) is 19.4 Å². The van der Waals surface area contributed by atoms with Crippen molar-refractivity contribution in [3.05, 3.63) is 0 Å². The Hall–Kier alpha value is -3.42. The summed E-state index contributed by atoms with van der Waals surface area (Å²) in [6.45, 7) is 9.80. The number of epoxide rings is 1. The van der Waals surface area contributed by atoms with E-state index in [0.717, 1.165) is 0 Å². The molecule has 4 amide bonds. The van der Waals surface area contributed by atoms with Gasteiger partial charge in [0.05, 0.1) is 6.61 Å². The first-order chi connectivity index (χ1) is 17.7. The van der Waals surface area contributed by atoms with Crippen molar-refractivity contribution in [1.82, 2.24) is 21.3 Å². The first kappa shape index (κ1) is 32.6. The molecule has 0 unspecified atom stereocenters. The van der Waals surface area contributed by atoms with E-state index in [1.165, 1.54) is 0 Å². The molecule has 14 nitrogen and oxygen atoms in total. The van der Waals surface area contributed by atoms with Crippen molar-refractivity contribution in [2.75, 3.05) is 13.2 Å². The number of carbonyl (C=O) groups is 6. The topological polar surface area (TPSA) is 202 Å². The van der Waals surface area contributed by atoms with Gasteiger partial charge in [-0.2, -0.15) is 0 Å². The van der Waals surface area contributed by atoms with Crippen LogP contribution in [0.5, 0.6) is 0 Å². The Labute approximate surface area is 221 Å². The Morgan fingerprint density at radius 3 is 1.92 bits per heavy atom. The highest BCUT2D eigenvalue weighted by molar-refractivity contribution is 5.95. The zero-order valence-corrected chi connectivity index (χ0v) is 22.8. The lowest BCUT2D eigenvalue weighted by Gasteiger charge is -2.26. The number of nitrogens with one attached hydrogen (secondary N) is 4. The molecule has 1 heterocycles. The second-order valence-corrected chi connectivity index (χ2v) is 9.71. The molecule has 0 aromatic heterocycles. The fraction of sp³-hybridized carbons (Fsp3) is 0.750. The largest absolute Gasteiger partial charge is 0.480 e. The maximum atomic E-state index is 13.0. The van der Waals surface area contributed by atoms with Crippen molar-refractivity contribution >= 4 is 35.8 Å². The standard InChI is InChI=1S/C24H40N4O10/c1-7-10-13(28-23(35)38-24(4,5)6)18(29)27-15(19(30)26-14(11-8-2)21(32)33)12-25-20(31)16-17(37-16)22(34)36-9-3/h13-17H,7-12H2,1-6H3,(H,25,31)(H,26,30)(H,27,29)(H,28,35)(H,32,33)/t13-,14-,15-,16-,17-/m0/s1. The first-order valence-corrected chi connectivity index (χ1v) is 12.7. The van der Waals surface area contributed by atoms with Crippen LogP contribution in [0.25, 0.3) is 0 Å². The average Bonchev–Trinajstić information content (AvgIpc) is 3.61. The number of esters is 1. The predicted molar refractivity (Wildman–Crippen MR) is 133 cm³/mol. The highest BCUT2D eigenvalue weighted by atomic mass is 16.6. The zero-order valence-electron chi connectivity index (χ0n) is 22.8. The molecule has 0 aromatic rings. The molecule has 5 atom stereocenters. The lowest BCUT2D eigenvalue weighted by Crippen LogP contribution is -2.59. The maximum absolute atomic E-state index is 13.0. The summed E-state index contributed by atoms with van der Waals surface area (Å²) in [4.78, 5) is 73.9. The molecule has 0 spiro atoms. The number of rotatable bonds is 15. The number of aliphatic carboxylic acids is 1. The molecule has 1 rings (SSSR count). The van der Waals surface area contributed by atoms with Gasteiger partial charge in [0.15, 0.2) is 12.2 Å². The van der Waals surface area contributed by atoms with Gasteiger partial charge in [0.1, 0.15) is 23.7 Å². The van der Waals surface area contributed by atoms with E-state index < -0.39 is 78.2 Å². The van der Waals surface area contributed by atoms with Crippen molar-refractivity contribution in [2.24, 2.45) is 0 Å². The van der Waals surface area contributed by atoms with Crippen molar-refractivity contribution in [3.8, 4) is 0 Å². The molecule has 0 radical (unpaired) electrons. The maximum Gasteiger partial charge on any atom is 0.408 e. The van der Waals surface area contributed by atoms with Gasteiger partial charge < -0.3 is 40.6 Å². The Kier molecular flexibility index (Phi) is 13.0. The molecule has 0 bridgehead atoms. The summed E-state index contributed by atoms with van der Waals surface area (Å²) in [6, 6.07) is -3.68. The number of hydrogen-bond acceptors (Lipinski definition) is 9. The minimum atomic E-state index is -1.40. The fourth-order valence-electron chi connectivity index (χ4n) is 3.33. The Balaban J connectivity index is 2.97. The quantitative estimate of drug-likeness (QED) is 0.138. The van der Waals surface area contributed by atoms with E-state index in [1.807, 2.05) is 0 Å². The van der Waals surface area contributed by atoms with Crippen molar-refractivity contribution in [2.45, 2.75) is 103 Å². The van der Waals surface area contributed by atoms with Gasteiger partial charge in [-0.1, -0.05) is 26.7 Å². The third-order valence-electron chi connectivity index (χ3n) is 5.16. The molecular weight excluding hydrogens is 504 g/mol. The first-order valence-electron chi connectivity index (χ1n) is 12.7. The molecule has 38 heavy (non-hydrogen) atoms. The van der Waals surface area contributed by atoms with E-state index in [1.54, 1.807) is 41.5 Å². The molecule has 0 aliphatic carbocycles. The van der Waals surface area contributed by atoms with Crippen LogP contribution in [0, 0.1) is 0 Å². The van der Waals surface area contributed by atoms with Gasteiger partial charge >= 0.3 is 18.0 Å². The van der Waals surface area contributed by atoms with Crippen LogP contribution >= 0.6 is 0 Å². The van der Waals surface area contributed by atoms with Gasteiger partial charge in [0.2, 0.25) is 11.8 Å². The number of carbonyl (C=O) groups excluding carboxylic acids is 5. The van der Waals surface area contributed by atoms with E-state index in [9.17, 15) is 33.9 Å². The smallest absolute Gasteiger partial charge is 0.408 e. The van der Waals surface area contributed by atoms with E-state index in [2.05, 4.69) is 21.3 Å². The van der Waals surface area contributed by atoms with Crippen molar-refractivity contribution in [3.63, 3.8) is 0 Å². The minimum Gasteiger partial charge on any atom is -0.480 e. The lowest BCUT2D eigenvalue weighted by molar-refractivity contribution is -0.144. The van der Waals surface area contributed by atoms with Gasteiger partial charge in [-0.05, 0) is 40.5 Å². The van der Waals surface area contributed by atoms with Gasteiger partial charge in [-0.3, -0.25) is 14.4 Å². The molecular formula is C24H40N4O10. The summed E-state index contributed by atoms with van der Waals surface area (Å²) in [5.41, 5.74) is -0.804. The van der Waals surface area contributed by atoms with Crippen LogP contribution in [-0.4, -0.2) is 89.9 Å². The molecule has 1 aliphatic rings. The number of amides is 4. The van der Waals surface area contributed by atoms with E-state index >= 15 is 0 Å². The van der Waals surface area contributed by atoms with Crippen LogP contribution in [0.1, 0.15) is 67.2 Å². The van der Waals surface area contributed by atoms with Crippen LogP contribution in [-0.2, 0) is 38.2 Å². The average molecular weight is 545 g/mol. The number of alkyl carbamates (subject to hydrolysis) is 1. The summed E-state index contributed by atoms with van der Waals surface area (Å²) in [5, 5.41) is 19.1. The SMILES string of the molecule is CCC[C@H](NC(=O)[C@H](CNC(=O)[C@H]1O[C@@H]1C(=O)OCC)NC(=O)[C@H](CCC)NC(=O)OC(C)(C)C)C(=O)O. The van der Waals surface area contributed by atoms with Crippen molar-refractivity contribution in [1.29, 1.82) is 0 Å². The van der Waals surface area contributed by atoms with E-state index in [0.29, 0.717) is 12.8 Å². The van der Waals surface area contributed by atoms with Crippen LogP contribution in [0.3, 0.4) is 0 Å². The van der Waals surface area contributed by atoms with Crippen LogP contribution < -0.4 is 21.3 Å². The van der Waals surface area contributed by atoms with Crippen LogP contribution in [0.4, 0.5) is 4.79 Å². The summed E-state index contributed by atoms with van der Waals surface area (Å²) >= 11 is 0. The molecule has 1 aliphatic heterocycles. The molecule has 5 N–H and O–H groups in total. The Morgan fingerprint density at radius 2 is 1.39 bits per heavy atom. The third kappa shape index (κ3) is 11.3. The lowest BCUT2D eigenvalue weighted by atomic mass is 10.1. The van der Waals surface area contributed by atoms with Crippen LogP contribution in [0.2, 0.25) is 0 Å². The second kappa shape index (κ2) is 15.1. The van der Waals surface area contributed by atoms with E-state index in [4.69, 9.17) is 14.2 Å². The number of carboxylic acid groups (broad SMARTS) is 1. The van der Waals surface area contributed by atoms with Gasteiger partial charge in [-0.15, -0.1) is 0 Å². The summed E-state index contributed by atoms with van der Waals surface area (Å²) < 4.78 is 15.0.